The van der Waals surface area contributed by atoms with Crippen LogP contribution in [0.15, 0.2) is 30.3 Å². The zero-order valence-electron chi connectivity index (χ0n) is 12.8. The number of fused-ring (bicyclic) bond motifs is 1. The molecule has 2 N–H and O–H groups in total. The Morgan fingerprint density at radius 3 is 2.62 bits per heavy atom. The predicted octanol–water partition coefficient (Wildman–Crippen LogP) is 2.23. The average molecular weight is 284 g/mol. The molecule has 0 atom stereocenters. The molecule has 2 aromatic rings. The number of anilines is 1. The van der Waals surface area contributed by atoms with Crippen molar-refractivity contribution < 1.29 is 0 Å². The van der Waals surface area contributed by atoms with Crippen molar-refractivity contribution in [3.63, 3.8) is 0 Å². The van der Waals surface area contributed by atoms with Gasteiger partial charge in [0.25, 0.3) is 0 Å². The van der Waals surface area contributed by atoms with Crippen LogP contribution in [0, 0.1) is 0 Å². The summed E-state index contributed by atoms with van der Waals surface area (Å²) in [5.74, 6) is 1.08. The van der Waals surface area contributed by atoms with Gasteiger partial charge in [-0.2, -0.15) is 0 Å². The predicted molar refractivity (Wildman–Crippen MR) is 88.6 cm³/mol. The molecule has 0 unspecified atom stereocenters. The van der Waals surface area contributed by atoms with Crippen LogP contribution in [0.4, 0.5) is 5.82 Å². The molecular formula is C17H24N4. The molecule has 0 amide bonds. The molecule has 1 aromatic heterocycles. The molecule has 1 aliphatic rings. The molecule has 2 heterocycles. The van der Waals surface area contributed by atoms with Gasteiger partial charge in [0.2, 0.25) is 0 Å². The number of rotatable bonds is 4. The Kier molecular flexibility index (Phi) is 4.36. The molecule has 0 saturated carbocycles. The van der Waals surface area contributed by atoms with Crippen molar-refractivity contribution in [2.45, 2.75) is 19.9 Å². The minimum absolute atomic E-state index is 0.544. The molecule has 0 bridgehead atoms. The van der Waals surface area contributed by atoms with E-state index in [0.29, 0.717) is 6.54 Å². The van der Waals surface area contributed by atoms with E-state index in [4.69, 9.17) is 10.7 Å². The summed E-state index contributed by atoms with van der Waals surface area (Å²) < 4.78 is 0. The van der Waals surface area contributed by atoms with Crippen molar-refractivity contribution in [2.24, 2.45) is 5.73 Å². The molecule has 0 radical (unpaired) electrons. The van der Waals surface area contributed by atoms with Crippen molar-refractivity contribution >= 4 is 16.7 Å². The van der Waals surface area contributed by atoms with E-state index in [1.165, 1.54) is 18.4 Å². The fraction of sp³-hybridized carbons (Fsp3) is 0.471. The number of hydrogen-bond acceptors (Lipinski definition) is 4. The van der Waals surface area contributed by atoms with Crippen molar-refractivity contribution in [3.05, 3.63) is 35.9 Å². The van der Waals surface area contributed by atoms with Crippen LogP contribution in [0.2, 0.25) is 0 Å². The van der Waals surface area contributed by atoms with Crippen LogP contribution in [0.3, 0.4) is 0 Å². The summed E-state index contributed by atoms with van der Waals surface area (Å²) in [6.45, 7) is 8.30. The van der Waals surface area contributed by atoms with E-state index in [9.17, 15) is 0 Å². The first-order valence-corrected chi connectivity index (χ1v) is 7.88. The van der Waals surface area contributed by atoms with Gasteiger partial charge in [-0.1, -0.05) is 25.1 Å². The summed E-state index contributed by atoms with van der Waals surface area (Å²) in [6.07, 6.45) is 1.22. The minimum atomic E-state index is 0.544. The lowest BCUT2D eigenvalue weighted by Crippen LogP contribution is -2.47. The number of piperazine rings is 1. The van der Waals surface area contributed by atoms with Crippen molar-refractivity contribution in [2.75, 3.05) is 37.6 Å². The molecule has 3 rings (SSSR count). The highest BCUT2D eigenvalue weighted by molar-refractivity contribution is 5.81. The fourth-order valence-electron chi connectivity index (χ4n) is 3.07. The maximum Gasteiger partial charge on any atom is 0.133 e. The molecule has 112 valence electrons. The summed E-state index contributed by atoms with van der Waals surface area (Å²) in [6, 6.07) is 10.5. The van der Waals surface area contributed by atoms with Gasteiger partial charge in [-0.25, -0.2) is 4.98 Å². The highest BCUT2D eigenvalue weighted by Crippen LogP contribution is 2.24. The monoisotopic (exact) mass is 284 g/mol. The molecular weight excluding hydrogens is 260 g/mol. The molecule has 21 heavy (non-hydrogen) atoms. The topological polar surface area (TPSA) is 45.4 Å². The van der Waals surface area contributed by atoms with E-state index >= 15 is 0 Å². The van der Waals surface area contributed by atoms with Gasteiger partial charge < -0.3 is 10.6 Å². The fourth-order valence-corrected chi connectivity index (χ4v) is 3.07. The second kappa shape index (κ2) is 6.41. The lowest BCUT2D eigenvalue weighted by molar-refractivity contribution is 0.258. The van der Waals surface area contributed by atoms with E-state index in [1.807, 2.05) is 12.1 Å². The van der Waals surface area contributed by atoms with Gasteiger partial charge in [0.05, 0.1) is 5.52 Å². The molecule has 1 aromatic carbocycles. The Morgan fingerprint density at radius 2 is 1.90 bits per heavy atom. The molecule has 1 fully saturated rings. The van der Waals surface area contributed by atoms with Gasteiger partial charge in [0, 0.05) is 43.7 Å². The molecule has 1 aliphatic heterocycles. The van der Waals surface area contributed by atoms with Crippen LogP contribution in [0.1, 0.15) is 18.9 Å². The number of nitrogens with two attached hydrogens (primary N) is 1. The molecule has 4 nitrogen and oxygen atoms in total. The van der Waals surface area contributed by atoms with Crippen LogP contribution in [-0.4, -0.2) is 42.6 Å². The molecule has 0 spiro atoms. The van der Waals surface area contributed by atoms with E-state index in [0.717, 1.165) is 43.1 Å². The van der Waals surface area contributed by atoms with Gasteiger partial charge >= 0.3 is 0 Å². The highest BCUT2D eigenvalue weighted by atomic mass is 15.3. The summed E-state index contributed by atoms with van der Waals surface area (Å²) in [5.41, 5.74) is 8.15. The Morgan fingerprint density at radius 1 is 1.14 bits per heavy atom. The zero-order valence-corrected chi connectivity index (χ0v) is 12.8. The molecule has 4 heteroatoms. The van der Waals surface area contributed by atoms with Gasteiger partial charge in [0.15, 0.2) is 0 Å². The summed E-state index contributed by atoms with van der Waals surface area (Å²) >= 11 is 0. The second-order valence-corrected chi connectivity index (χ2v) is 5.70. The lowest BCUT2D eigenvalue weighted by atomic mass is 10.1. The number of benzene rings is 1. The number of aromatic nitrogens is 1. The quantitative estimate of drug-likeness (QED) is 0.935. The smallest absolute Gasteiger partial charge is 0.133 e. The third-order valence-corrected chi connectivity index (χ3v) is 4.21. The first-order valence-electron chi connectivity index (χ1n) is 7.88. The number of hydrogen-bond donors (Lipinski definition) is 1. The van der Waals surface area contributed by atoms with Crippen LogP contribution in [0.25, 0.3) is 10.9 Å². The van der Waals surface area contributed by atoms with Gasteiger partial charge in [-0.15, -0.1) is 0 Å². The lowest BCUT2D eigenvalue weighted by Gasteiger charge is -2.36. The maximum atomic E-state index is 5.95. The second-order valence-electron chi connectivity index (χ2n) is 5.70. The van der Waals surface area contributed by atoms with Crippen LogP contribution in [0.5, 0.6) is 0 Å². The summed E-state index contributed by atoms with van der Waals surface area (Å²) in [7, 11) is 0. The summed E-state index contributed by atoms with van der Waals surface area (Å²) in [4.78, 5) is 9.79. The van der Waals surface area contributed by atoms with E-state index in [2.05, 4.69) is 34.9 Å². The van der Waals surface area contributed by atoms with Crippen molar-refractivity contribution in [3.8, 4) is 0 Å². The van der Waals surface area contributed by atoms with Crippen LogP contribution in [-0.2, 0) is 6.54 Å². The third kappa shape index (κ3) is 3.01. The standard InChI is InChI=1S/C17H24N4/c1-2-7-20-8-10-21(11-9-20)17-15(13-18)12-14-5-3-4-6-16(14)19-17/h3-6,12H,2,7-11,13,18H2,1H3. The Hall–Kier alpha value is -1.65. The Bertz CT molecular complexity index is 603. The highest BCUT2D eigenvalue weighted by Gasteiger charge is 2.19. The number of pyridine rings is 1. The largest absolute Gasteiger partial charge is 0.354 e. The van der Waals surface area contributed by atoms with Crippen molar-refractivity contribution in [1.82, 2.24) is 9.88 Å². The third-order valence-electron chi connectivity index (χ3n) is 4.21. The van der Waals surface area contributed by atoms with E-state index in [-0.39, 0.29) is 0 Å². The normalized spacial score (nSPS) is 16.6. The molecule has 0 aliphatic carbocycles. The number of para-hydroxylation sites is 1. The summed E-state index contributed by atoms with van der Waals surface area (Å²) in [5, 5.41) is 1.17. The van der Waals surface area contributed by atoms with Crippen LogP contribution >= 0.6 is 0 Å². The maximum absolute atomic E-state index is 5.95. The van der Waals surface area contributed by atoms with E-state index in [1.54, 1.807) is 0 Å². The van der Waals surface area contributed by atoms with Crippen LogP contribution < -0.4 is 10.6 Å². The SMILES string of the molecule is CCCN1CCN(c2nc3ccccc3cc2CN)CC1. The Balaban J connectivity index is 1.86. The first-order chi connectivity index (χ1) is 10.3. The van der Waals surface area contributed by atoms with Gasteiger partial charge in [0.1, 0.15) is 5.82 Å². The Labute approximate surface area is 126 Å². The molecule has 1 saturated heterocycles. The zero-order chi connectivity index (χ0) is 14.7. The van der Waals surface area contributed by atoms with Gasteiger partial charge in [-0.05, 0) is 25.1 Å². The first kappa shape index (κ1) is 14.3. The van der Waals surface area contributed by atoms with E-state index < -0.39 is 0 Å². The van der Waals surface area contributed by atoms with Crippen molar-refractivity contribution in [1.29, 1.82) is 0 Å². The minimum Gasteiger partial charge on any atom is -0.354 e. The average Bonchev–Trinajstić information content (AvgIpc) is 2.54. The van der Waals surface area contributed by atoms with Gasteiger partial charge in [-0.3, -0.25) is 4.90 Å². The number of nitrogens with zero attached hydrogens (tertiary/aromatic N) is 3.